The highest BCUT2D eigenvalue weighted by Gasteiger charge is 2.25. The second-order valence-electron chi connectivity index (χ2n) is 6.50. The Balaban J connectivity index is 1.67. The van der Waals surface area contributed by atoms with Crippen molar-refractivity contribution in [3.63, 3.8) is 0 Å². The largest absolute Gasteiger partial charge is 0.356 e. The Bertz CT molecular complexity index is 888. The van der Waals surface area contributed by atoms with E-state index in [0.29, 0.717) is 5.92 Å². The van der Waals surface area contributed by atoms with Gasteiger partial charge in [0.25, 0.3) is 0 Å². The van der Waals surface area contributed by atoms with E-state index in [-0.39, 0.29) is 0 Å². The van der Waals surface area contributed by atoms with E-state index in [9.17, 15) is 0 Å². The Labute approximate surface area is 146 Å². The van der Waals surface area contributed by atoms with Crippen LogP contribution < -0.4 is 4.90 Å². The Morgan fingerprint density at radius 3 is 2.83 bits per heavy atom. The monoisotopic (exact) mass is 341 g/mol. The molecule has 2 aromatic heterocycles. The molecule has 1 saturated heterocycles. The van der Waals surface area contributed by atoms with Crippen LogP contribution in [0.3, 0.4) is 0 Å². The molecule has 0 bridgehead atoms. The molecule has 1 aromatic carbocycles. The number of hydrogen-bond acceptors (Lipinski definition) is 4. The van der Waals surface area contributed by atoms with Crippen molar-refractivity contribution in [3.05, 3.63) is 47.0 Å². The molecule has 3 aromatic rings. The smallest absolute Gasteiger partial charge is 0.137 e. The van der Waals surface area contributed by atoms with Gasteiger partial charge in [-0.1, -0.05) is 17.7 Å². The molecule has 0 N–H and O–H groups in total. The third-order valence-electron chi connectivity index (χ3n) is 4.89. The molecule has 0 radical (unpaired) electrons. The molecule has 124 valence electrons. The molecule has 6 heteroatoms. The van der Waals surface area contributed by atoms with Crippen LogP contribution in [0, 0.1) is 6.92 Å². The van der Waals surface area contributed by atoms with Gasteiger partial charge in [-0.25, -0.2) is 4.98 Å². The summed E-state index contributed by atoms with van der Waals surface area (Å²) >= 11 is 6.26. The number of piperidine rings is 1. The second-order valence-corrected chi connectivity index (χ2v) is 6.91. The first-order chi connectivity index (χ1) is 11.6. The van der Waals surface area contributed by atoms with E-state index in [1.54, 1.807) is 6.33 Å². The zero-order valence-electron chi connectivity index (χ0n) is 13.9. The lowest BCUT2D eigenvalue weighted by Gasteiger charge is -2.33. The highest BCUT2D eigenvalue weighted by Crippen LogP contribution is 2.30. The van der Waals surface area contributed by atoms with Crippen LogP contribution in [0.15, 0.2) is 30.6 Å². The molecule has 1 fully saturated rings. The number of rotatable bonds is 2. The molecule has 0 saturated carbocycles. The van der Waals surface area contributed by atoms with Gasteiger partial charge in [0, 0.05) is 36.5 Å². The van der Waals surface area contributed by atoms with Crippen molar-refractivity contribution < 1.29 is 0 Å². The van der Waals surface area contributed by atoms with Crippen LogP contribution in [0.2, 0.25) is 5.02 Å². The number of fused-ring (bicyclic) bond motifs is 1. The van der Waals surface area contributed by atoms with E-state index in [0.717, 1.165) is 59.1 Å². The quantitative estimate of drug-likeness (QED) is 0.713. The summed E-state index contributed by atoms with van der Waals surface area (Å²) in [6.07, 6.45) is 4.04. The topological polar surface area (TPSA) is 46.8 Å². The molecule has 1 aliphatic rings. The van der Waals surface area contributed by atoms with Gasteiger partial charge in [-0.15, -0.1) is 10.2 Å². The summed E-state index contributed by atoms with van der Waals surface area (Å²) in [5.74, 6) is 2.46. The minimum Gasteiger partial charge on any atom is -0.356 e. The van der Waals surface area contributed by atoms with Gasteiger partial charge in [-0.3, -0.25) is 0 Å². The number of pyridine rings is 1. The molecule has 1 atom stereocenters. The highest BCUT2D eigenvalue weighted by molar-refractivity contribution is 6.32. The first kappa shape index (κ1) is 15.4. The van der Waals surface area contributed by atoms with Crippen LogP contribution in [0.5, 0.6) is 0 Å². The van der Waals surface area contributed by atoms with Crippen LogP contribution in [0.4, 0.5) is 5.82 Å². The Morgan fingerprint density at radius 1 is 1.21 bits per heavy atom. The predicted molar refractivity (Wildman–Crippen MR) is 96.7 cm³/mol. The fourth-order valence-corrected chi connectivity index (χ4v) is 3.68. The Kier molecular flexibility index (Phi) is 3.88. The Hall–Kier alpha value is -2.14. The van der Waals surface area contributed by atoms with Crippen molar-refractivity contribution in [2.24, 2.45) is 7.05 Å². The van der Waals surface area contributed by atoms with Gasteiger partial charge in [0.1, 0.15) is 18.0 Å². The third-order valence-corrected chi connectivity index (χ3v) is 5.30. The summed E-state index contributed by atoms with van der Waals surface area (Å²) in [5, 5.41) is 10.2. The SMILES string of the molecule is Cc1c(Cl)ccc2ccc(N3CCC[C@@H](c4nncn4C)C3)nc12. The lowest BCUT2D eigenvalue weighted by molar-refractivity contribution is 0.478. The molecule has 0 amide bonds. The predicted octanol–water partition coefficient (Wildman–Crippen LogP) is 3.71. The van der Waals surface area contributed by atoms with E-state index in [2.05, 4.69) is 27.2 Å². The number of anilines is 1. The fourth-order valence-electron chi connectivity index (χ4n) is 3.53. The van der Waals surface area contributed by atoms with Gasteiger partial charge >= 0.3 is 0 Å². The molecule has 5 nitrogen and oxygen atoms in total. The fraction of sp³-hybridized carbons (Fsp3) is 0.389. The number of aromatic nitrogens is 4. The van der Waals surface area contributed by atoms with Crippen molar-refractivity contribution >= 4 is 28.3 Å². The van der Waals surface area contributed by atoms with Crippen molar-refractivity contribution in [1.82, 2.24) is 19.7 Å². The zero-order chi connectivity index (χ0) is 16.7. The van der Waals surface area contributed by atoms with Gasteiger partial charge < -0.3 is 9.47 Å². The maximum absolute atomic E-state index is 6.26. The minimum atomic E-state index is 0.393. The number of aryl methyl sites for hydroxylation is 2. The number of nitrogens with zero attached hydrogens (tertiary/aromatic N) is 5. The van der Waals surface area contributed by atoms with E-state index in [1.165, 1.54) is 0 Å². The van der Waals surface area contributed by atoms with Crippen molar-refractivity contribution in [2.75, 3.05) is 18.0 Å². The first-order valence-electron chi connectivity index (χ1n) is 8.28. The lowest BCUT2D eigenvalue weighted by atomic mass is 9.97. The lowest BCUT2D eigenvalue weighted by Crippen LogP contribution is -2.35. The minimum absolute atomic E-state index is 0.393. The van der Waals surface area contributed by atoms with Crippen molar-refractivity contribution in [2.45, 2.75) is 25.7 Å². The van der Waals surface area contributed by atoms with Crippen LogP contribution >= 0.6 is 11.6 Å². The molecule has 24 heavy (non-hydrogen) atoms. The molecule has 0 unspecified atom stereocenters. The Morgan fingerprint density at radius 2 is 2.04 bits per heavy atom. The van der Waals surface area contributed by atoms with Crippen LogP contribution in [-0.2, 0) is 7.05 Å². The molecular formula is C18H20ClN5. The summed E-state index contributed by atoms with van der Waals surface area (Å²) in [6.45, 7) is 3.97. The van der Waals surface area contributed by atoms with E-state index >= 15 is 0 Å². The standard InChI is InChI=1S/C18H20ClN5/c1-12-15(19)7-5-13-6-8-16(21-17(12)13)24-9-3-4-14(10-24)18-22-20-11-23(18)2/h5-8,11,14H,3-4,9-10H2,1-2H3/t14-/m1/s1. The van der Waals surface area contributed by atoms with E-state index < -0.39 is 0 Å². The van der Waals surface area contributed by atoms with Crippen LogP contribution in [0.25, 0.3) is 10.9 Å². The second kappa shape index (κ2) is 6.06. The van der Waals surface area contributed by atoms with Crippen LogP contribution in [-0.4, -0.2) is 32.8 Å². The molecular weight excluding hydrogens is 322 g/mol. The van der Waals surface area contributed by atoms with Crippen molar-refractivity contribution in [3.8, 4) is 0 Å². The van der Waals surface area contributed by atoms with Gasteiger partial charge in [0.15, 0.2) is 0 Å². The molecule has 1 aliphatic heterocycles. The normalized spacial score (nSPS) is 18.3. The molecule has 4 rings (SSSR count). The van der Waals surface area contributed by atoms with Gasteiger partial charge in [-0.05, 0) is 43.5 Å². The number of hydrogen-bond donors (Lipinski definition) is 0. The van der Waals surface area contributed by atoms with Gasteiger partial charge in [0.2, 0.25) is 0 Å². The zero-order valence-corrected chi connectivity index (χ0v) is 14.7. The summed E-state index contributed by atoms with van der Waals surface area (Å²) in [6, 6.07) is 8.20. The average molecular weight is 342 g/mol. The van der Waals surface area contributed by atoms with E-state index in [1.807, 2.05) is 30.7 Å². The average Bonchev–Trinajstić information content (AvgIpc) is 3.04. The molecule has 0 aliphatic carbocycles. The van der Waals surface area contributed by atoms with Crippen LogP contribution in [0.1, 0.15) is 30.1 Å². The van der Waals surface area contributed by atoms with E-state index in [4.69, 9.17) is 16.6 Å². The number of benzene rings is 1. The summed E-state index contributed by atoms with van der Waals surface area (Å²) in [5.41, 5.74) is 2.03. The summed E-state index contributed by atoms with van der Waals surface area (Å²) in [4.78, 5) is 7.25. The first-order valence-corrected chi connectivity index (χ1v) is 8.66. The molecule has 3 heterocycles. The maximum atomic E-state index is 6.26. The highest BCUT2D eigenvalue weighted by atomic mass is 35.5. The van der Waals surface area contributed by atoms with Crippen molar-refractivity contribution in [1.29, 1.82) is 0 Å². The summed E-state index contributed by atoms with van der Waals surface area (Å²) in [7, 11) is 2.01. The number of halogens is 1. The van der Waals surface area contributed by atoms with Gasteiger partial charge in [-0.2, -0.15) is 0 Å². The van der Waals surface area contributed by atoms with Gasteiger partial charge in [0.05, 0.1) is 5.52 Å². The summed E-state index contributed by atoms with van der Waals surface area (Å²) < 4.78 is 2.02. The molecule has 0 spiro atoms. The maximum Gasteiger partial charge on any atom is 0.137 e. The third kappa shape index (κ3) is 2.63.